The van der Waals surface area contributed by atoms with E-state index in [0.29, 0.717) is 16.5 Å². The number of amides is 1. The van der Waals surface area contributed by atoms with Crippen molar-refractivity contribution < 1.29 is 23.5 Å². The van der Waals surface area contributed by atoms with Crippen molar-refractivity contribution in [2.75, 3.05) is 6.61 Å². The van der Waals surface area contributed by atoms with Crippen molar-refractivity contribution in [2.45, 2.75) is 19.4 Å². The molecule has 0 aliphatic rings. The first-order valence-corrected chi connectivity index (χ1v) is 9.93. The Balaban J connectivity index is 1.61. The molecule has 1 unspecified atom stereocenters. The fourth-order valence-electron chi connectivity index (χ4n) is 2.75. The second kappa shape index (κ2) is 9.15. The van der Waals surface area contributed by atoms with Crippen LogP contribution in [0.1, 0.15) is 22.2 Å². The van der Waals surface area contributed by atoms with Crippen LogP contribution in [0.2, 0.25) is 5.02 Å². The van der Waals surface area contributed by atoms with Gasteiger partial charge in [-0.1, -0.05) is 41.9 Å². The zero-order valence-electron chi connectivity index (χ0n) is 15.4. The third kappa shape index (κ3) is 5.19. The van der Waals surface area contributed by atoms with Crippen molar-refractivity contribution in [1.82, 2.24) is 5.32 Å². The highest BCUT2D eigenvalue weighted by Gasteiger charge is 2.22. The van der Waals surface area contributed by atoms with Crippen LogP contribution >= 0.6 is 22.9 Å². The van der Waals surface area contributed by atoms with Gasteiger partial charge in [0.15, 0.2) is 12.4 Å². The summed E-state index contributed by atoms with van der Waals surface area (Å²) < 4.78 is 18.9. The molecule has 0 aliphatic heterocycles. The minimum atomic E-state index is -0.783. The highest BCUT2D eigenvalue weighted by atomic mass is 35.5. The molecular formula is C21H17ClFNO4S. The molecule has 1 N–H and O–H groups in total. The number of Topliss-reactive ketones (excluding diaryl/α,β-unsaturated/α-hetero) is 1. The number of fused-ring (bicyclic) bond motifs is 1. The van der Waals surface area contributed by atoms with E-state index in [0.717, 1.165) is 16.9 Å². The van der Waals surface area contributed by atoms with E-state index in [-0.39, 0.29) is 15.7 Å². The molecule has 29 heavy (non-hydrogen) atoms. The maximum Gasteiger partial charge on any atom is 0.350 e. The average molecular weight is 434 g/mol. The first-order chi connectivity index (χ1) is 13.8. The van der Waals surface area contributed by atoms with Crippen LogP contribution in [0, 0.1) is 5.82 Å². The van der Waals surface area contributed by atoms with Gasteiger partial charge in [-0.05, 0) is 37.1 Å². The Morgan fingerprint density at radius 2 is 1.90 bits per heavy atom. The van der Waals surface area contributed by atoms with Crippen LogP contribution in [0.4, 0.5) is 4.39 Å². The number of halogens is 2. The maximum absolute atomic E-state index is 13.3. The van der Waals surface area contributed by atoms with Gasteiger partial charge in [-0.2, -0.15) is 0 Å². The summed E-state index contributed by atoms with van der Waals surface area (Å²) in [4.78, 5) is 36.4. The molecule has 0 spiro atoms. The number of thiophene rings is 1. The maximum atomic E-state index is 13.3. The molecule has 3 aromatic rings. The van der Waals surface area contributed by atoms with E-state index in [1.54, 1.807) is 0 Å². The standard InChI is InChI=1S/C21H17ClFNO4S/c1-12(25)16(9-13-5-3-2-4-6-13)24-18(26)11-28-21(27)20-19(22)15-8-7-14(23)10-17(15)29-20/h2-8,10,16H,9,11H2,1H3,(H,24,26). The smallest absolute Gasteiger partial charge is 0.350 e. The van der Waals surface area contributed by atoms with Gasteiger partial charge in [-0.3, -0.25) is 9.59 Å². The lowest BCUT2D eigenvalue weighted by atomic mass is 10.0. The SMILES string of the molecule is CC(=O)C(Cc1ccccc1)NC(=O)COC(=O)c1sc2cc(F)ccc2c1Cl. The van der Waals surface area contributed by atoms with Gasteiger partial charge >= 0.3 is 5.97 Å². The first-order valence-electron chi connectivity index (χ1n) is 8.73. The Bertz CT molecular complexity index is 1070. The summed E-state index contributed by atoms with van der Waals surface area (Å²) in [6, 6.07) is 12.5. The molecule has 1 amide bonds. The summed E-state index contributed by atoms with van der Waals surface area (Å²) >= 11 is 7.16. The molecule has 1 atom stereocenters. The molecule has 0 aliphatic carbocycles. The van der Waals surface area contributed by atoms with Crippen molar-refractivity contribution >= 4 is 50.7 Å². The number of carbonyl (C=O) groups excluding carboxylic acids is 3. The minimum absolute atomic E-state index is 0.0903. The largest absolute Gasteiger partial charge is 0.451 e. The second-order valence-electron chi connectivity index (χ2n) is 6.38. The lowest BCUT2D eigenvalue weighted by Gasteiger charge is -2.16. The van der Waals surface area contributed by atoms with E-state index in [1.165, 1.54) is 25.1 Å². The lowest BCUT2D eigenvalue weighted by molar-refractivity contribution is -0.128. The van der Waals surface area contributed by atoms with Gasteiger partial charge in [0.1, 0.15) is 10.7 Å². The van der Waals surface area contributed by atoms with Gasteiger partial charge in [0.2, 0.25) is 0 Å². The van der Waals surface area contributed by atoms with Gasteiger partial charge in [0.25, 0.3) is 5.91 Å². The van der Waals surface area contributed by atoms with E-state index < -0.39 is 30.3 Å². The number of nitrogens with one attached hydrogen (secondary N) is 1. The van der Waals surface area contributed by atoms with Crippen molar-refractivity contribution in [2.24, 2.45) is 0 Å². The summed E-state index contributed by atoms with van der Waals surface area (Å²) in [5.41, 5.74) is 0.897. The number of ether oxygens (including phenoxy) is 1. The number of carbonyl (C=O) groups is 3. The molecule has 3 rings (SSSR count). The summed E-state index contributed by atoms with van der Waals surface area (Å²) in [6.45, 7) is 0.826. The Morgan fingerprint density at radius 1 is 1.17 bits per heavy atom. The van der Waals surface area contributed by atoms with Crippen LogP contribution < -0.4 is 5.32 Å². The molecule has 1 aromatic heterocycles. The van der Waals surface area contributed by atoms with E-state index in [9.17, 15) is 18.8 Å². The highest BCUT2D eigenvalue weighted by Crippen LogP contribution is 2.36. The molecule has 0 saturated carbocycles. The van der Waals surface area contributed by atoms with Crippen molar-refractivity contribution in [3.05, 3.63) is 69.8 Å². The van der Waals surface area contributed by atoms with Crippen molar-refractivity contribution in [3.8, 4) is 0 Å². The monoisotopic (exact) mass is 433 g/mol. The number of ketones is 1. The predicted octanol–water partition coefficient (Wildman–Crippen LogP) is 4.17. The molecule has 0 bridgehead atoms. The molecule has 0 saturated heterocycles. The quantitative estimate of drug-likeness (QED) is 0.568. The summed E-state index contributed by atoms with van der Waals surface area (Å²) in [5, 5.41) is 3.27. The normalized spacial score (nSPS) is 11.8. The average Bonchev–Trinajstić information content (AvgIpc) is 3.02. The van der Waals surface area contributed by atoms with Gasteiger partial charge < -0.3 is 10.1 Å². The number of hydrogen-bond acceptors (Lipinski definition) is 5. The Labute approximate surface area is 175 Å². The van der Waals surface area contributed by atoms with Crippen LogP contribution in [0.5, 0.6) is 0 Å². The van der Waals surface area contributed by atoms with E-state index in [4.69, 9.17) is 16.3 Å². The second-order valence-corrected chi connectivity index (χ2v) is 7.81. The fraction of sp³-hybridized carbons (Fsp3) is 0.190. The zero-order valence-corrected chi connectivity index (χ0v) is 17.0. The number of rotatable bonds is 7. The zero-order chi connectivity index (χ0) is 21.0. The topological polar surface area (TPSA) is 72.5 Å². The number of benzene rings is 2. The number of esters is 1. The van der Waals surface area contributed by atoms with Gasteiger partial charge in [0.05, 0.1) is 11.1 Å². The van der Waals surface area contributed by atoms with Crippen LogP contribution in [0.25, 0.3) is 10.1 Å². The first kappa shape index (κ1) is 21.0. The van der Waals surface area contributed by atoms with Gasteiger partial charge in [0, 0.05) is 10.1 Å². The highest BCUT2D eigenvalue weighted by molar-refractivity contribution is 7.21. The molecule has 1 heterocycles. The summed E-state index contributed by atoms with van der Waals surface area (Å²) in [5.74, 6) is -2.03. The Kier molecular flexibility index (Phi) is 6.61. The molecule has 0 fully saturated rings. The third-order valence-electron chi connectivity index (χ3n) is 4.22. The molecular weight excluding hydrogens is 417 g/mol. The fourth-order valence-corrected chi connectivity index (χ4v) is 4.18. The van der Waals surface area contributed by atoms with Crippen LogP contribution in [0.3, 0.4) is 0 Å². The van der Waals surface area contributed by atoms with Gasteiger partial charge in [-0.15, -0.1) is 11.3 Å². The lowest BCUT2D eigenvalue weighted by Crippen LogP contribution is -2.43. The Morgan fingerprint density at radius 3 is 2.59 bits per heavy atom. The van der Waals surface area contributed by atoms with Crippen LogP contribution in [-0.2, 0) is 20.7 Å². The molecule has 0 radical (unpaired) electrons. The molecule has 8 heteroatoms. The van der Waals surface area contributed by atoms with Gasteiger partial charge in [-0.25, -0.2) is 9.18 Å². The number of hydrogen-bond donors (Lipinski definition) is 1. The van der Waals surface area contributed by atoms with Crippen molar-refractivity contribution in [1.29, 1.82) is 0 Å². The predicted molar refractivity (Wildman–Crippen MR) is 110 cm³/mol. The van der Waals surface area contributed by atoms with Crippen LogP contribution in [-0.4, -0.2) is 30.3 Å². The molecule has 150 valence electrons. The van der Waals surface area contributed by atoms with E-state index >= 15 is 0 Å². The van der Waals surface area contributed by atoms with E-state index in [2.05, 4.69) is 5.32 Å². The van der Waals surface area contributed by atoms with Crippen LogP contribution in [0.15, 0.2) is 48.5 Å². The molecule has 2 aromatic carbocycles. The summed E-state index contributed by atoms with van der Waals surface area (Å²) in [6.07, 6.45) is 0.337. The summed E-state index contributed by atoms with van der Waals surface area (Å²) in [7, 11) is 0. The third-order valence-corrected chi connectivity index (χ3v) is 5.86. The van der Waals surface area contributed by atoms with Crippen molar-refractivity contribution in [3.63, 3.8) is 0 Å². The minimum Gasteiger partial charge on any atom is -0.451 e. The van der Waals surface area contributed by atoms with E-state index in [1.807, 2.05) is 30.3 Å². The Hall–Kier alpha value is -2.77. The molecule has 5 nitrogen and oxygen atoms in total.